The Balaban J connectivity index is 1.92. The number of benzene rings is 2. The fourth-order valence-electron chi connectivity index (χ4n) is 1.88. The van der Waals surface area contributed by atoms with E-state index >= 15 is 0 Å². The summed E-state index contributed by atoms with van der Waals surface area (Å²) in [4.78, 5) is 18.1. The lowest BCUT2D eigenvalue weighted by atomic mass is 10.2. The fourth-order valence-corrected chi connectivity index (χ4v) is 2.33. The summed E-state index contributed by atoms with van der Waals surface area (Å²) in [6, 6.07) is 10.8. The predicted molar refractivity (Wildman–Crippen MR) is 82.7 cm³/mol. The van der Waals surface area contributed by atoms with Gasteiger partial charge in [0.15, 0.2) is 0 Å². The van der Waals surface area contributed by atoms with Gasteiger partial charge in [-0.05, 0) is 41.9 Å². The smallest absolute Gasteiger partial charge is 0.269 e. The number of ether oxygens (including phenoxy) is 1. The lowest BCUT2D eigenvalue weighted by molar-refractivity contribution is -0.384. The van der Waals surface area contributed by atoms with Gasteiger partial charge in [0, 0.05) is 17.5 Å². The number of fused-ring (bicyclic) bond motifs is 1. The van der Waals surface area contributed by atoms with Crippen LogP contribution < -0.4 is 4.74 Å². The third-order valence-corrected chi connectivity index (χ3v) is 3.33. The summed E-state index contributed by atoms with van der Waals surface area (Å²) >= 11 is 11.8. The average molecular weight is 336 g/mol. The van der Waals surface area contributed by atoms with Crippen molar-refractivity contribution < 1.29 is 9.66 Å². The molecule has 1 heterocycles. The molecule has 0 amide bonds. The minimum Gasteiger partial charge on any atom is -0.457 e. The van der Waals surface area contributed by atoms with E-state index in [1.165, 1.54) is 24.3 Å². The van der Waals surface area contributed by atoms with E-state index in [9.17, 15) is 10.1 Å². The van der Waals surface area contributed by atoms with E-state index in [1.54, 1.807) is 18.2 Å². The standard InChI is InChI=1S/C14H7Cl2N3O3/c15-13-11-7-10(5-6-12(11)17-14(16)18-13)22-9-3-1-8(2-4-9)19(20)21/h1-7H. The first-order valence-corrected chi connectivity index (χ1v) is 6.83. The molecule has 0 atom stereocenters. The van der Waals surface area contributed by atoms with Crippen molar-refractivity contribution in [2.75, 3.05) is 0 Å². The van der Waals surface area contributed by atoms with E-state index in [0.717, 1.165) is 0 Å². The van der Waals surface area contributed by atoms with E-state index in [1.807, 2.05) is 0 Å². The zero-order valence-corrected chi connectivity index (χ0v) is 12.4. The molecule has 3 aromatic rings. The van der Waals surface area contributed by atoms with Crippen LogP contribution in [0.3, 0.4) is 0 Å². The van der Waals surface area contributed by atoms with Crippen LogP contribution in [-0.2, 0) is 0 Å². The molecule has 0 spiro atoms. The first-order chi connectivity index (χ1) is 10.5. The number of aromatic nitrogens is 2. The number of hydrogen-bond donors (Lipinski definition) is 0. The first kappa shape index (κ1) is 14.5. The van der Waals surface area contributed by atoms with Gasteiger partial charge in [0.05, 0.1) is 10.4 Å². The van der Waals surface area contributed by atoms with Crippen molar-refractivity contribution in [2.24, 2.45) is 0 Å². The van der Waals surface area contributed by atoms with Gasteiger partial charge in [-0.3, -0.25) is 10.1 Å². The summed E-state index contributed by atoms with van der Waals surface area (Å²) in [6.07, 6.45) is 0. The highest BCUT2D eigenvalue weighted by Crippen LogP contribution is 2.29. The molecule has 0 saturated carbocycles. The lowest BCUT2D eigenvalue weighted by Gasteiger charge is -2.07. The molecule has 110 valence electrons. The monoisotopic (exact) mass is 335 g/mol. The topological polar surface area (TPSA) is 78.2 Å². The molecule has 0 fully saturated rings. The molecule has 2 aromatic carbocycles. The van der Waals surface area contributed by atoms with Crippen molar-refractivity contribution in [3.8, 4) is 11.5 Å². The molecule has 1 aromatic heterocycles. The summed E-state index contributed by atoms with van der Waals surface area (Å²) in [5, 5.41) is 11.5. The van der Waals surface area contributed by atoms with Crippen molar-refractivity contribution in [1.29, 1.82) is 0 Å². The Kier molecular flexibility index (Phi) is 3.79. The third-order valence-electron chi connectivity index (χ3n) is 2.88. The van der Waals surface area contributed by atoms with Crippen molar-refractivity contribution in [2.45, 2.75) is 0 Å². The van der Waals surface area contributed by atoms with Crippen LogP contribution in [-0.4, -0.2) is 14.9 Å². The second-order valence-corrected chi connectivity index (χ2v) is 5.01. The maximum absolute atomic E-state index is 10.6. The van der Waals surface area contributed by atoms with E-state index < -0.39 is 4.92 Å². The Morgan fingerprint density at radius 1 is 1.00 bits per heavy atom. The van der Waals surface area contributed by atoms with Gasteiger partial charge in [0.2, 0.25) is 5.28 Å². The molecule has 0 N–H and O–H groups in total. The minimum atomic E-state index is -0.472. The van der Waals surface area contributed by atoms with Gasteiger partial charge in [-0.15, -0.1) is 0 Å². The van der Waals surface area contributed by atoms with Crippen LogP contribution in [0.25, 0.3) is 10.9 Å². The highest BCUT2D eigenvalue weighted by atomic mass is 35.5. The Morgan fingerprint density at radius 3 is 2.36 bits per heavy atom. The van der Waals surface area contributed by atoms with Crippen LogP contribution in [0.15, 0.2) is 42.5 Å². The summed E-state index contributed by atoms with van der Waals surface area (Å²) in [5.74, 6) is 0.977. The molecule has 0 saturated heterocycles. The molecule has 8 heteroatoms. The molecule has 0 bridgehead atoms. The van der Waals surface area contributed by atoms with Gasteiger partial charge >= 0.3 is 0 Å². The molecular formula is C14H7Cl2N3O3. The second kappa shape index (κ2) is 5.75. The molecule has 3 rings (SSSR count). The number of halogens is 2. The number of non-ortho nitro benzene ring substituents is 1. The van der Waals surface area contributed by atoms with E-state index in [4.69, 9.17) is 27.9 Å². The molecule has 0 aliphatic carbocycles. The Labute approximate surface area is 134 Å². The van der Waals surface area contributed by atoms with Gasteiger partial charge in [-0.1, -0.05) is 11.6 Å². The van der Waals surface area contributed by atoms with Crippen LogP contribution in [0.5, 0.6) is 11.5 Å². The number of hydrogen-bond acceptors (Lipinski definition) is 5. The molecule has 22 heavy (non-hydrogen) atoms. The third kappa shape index (κ3) is 2.93. The number of rotatable bonds is 3. The van der Waals surface area contributed by atoms with Crippen LogP contribution >= 0.6 is 23.2 Å². The summed E-state index contributed by atoms with van der Waals surface area (Å²) < 4.78 is 5.64. The molecule has 0 aliphatic heterocycles. The SMILES string of the molecule is O=[N+]([O-])c1ccc(Oc2ccc3nc(Cl)nc(Cl)c3c2)cc1. The molecule has 0 radical (unpaired) electrons. The maximum atomic E-state index is 10.6. The van der Waals surface area contributed by atoms with E-state index in [0.29, 0.717) is 22.4 Å². The zero-order chi connectivity index (χ0) is 15.7. The number of nitro groups is 1. The van der Waals surface area contributed by atoms with E-state index in [-0.39, 0.29) is 16.1 Å². The predicted octanol–water partition coefficient (Wildman–Crippen LogP) is 4.64. The van der Waals surface area contributed by atoms with Gasteiger partial charge in [0.25, 0.3) is 5.69 Å². The van der Waals surface area contributed by atoms with Gasteiger partial charge in [-0.25, -0.2) is 9.97 Å². The van der Waals surface area contributed by atoms with Gasteiger partial charge < -0.3 is 4.74 Å². The van der Waals surface area contributed by atoms with Crippen LogP contribution in [0.4, 0.5) is 5.69 Å². The van der Waals surface area contributed by atoms with Crippen LogP contribution in [0.2, 0.25) is 10.4 Å². The minimum absolute atomic E-state index is 0.00283. The Morgan fingerprint density at radius 2 is 1.68 bits per heavy atom. The average Bonchev–Trinajstić information content (AvgIpc) is 2.48. The fraction of sp³-hybridized carbons (Fsp3) is 0. The summed E-state index contributed by atoms with van der Waals surface area (Å²) in [6.45, 7) is 0. The van der Waals surface area contributed by atoms with Crippen LogP contribution in [0, 0.1) is 10.1 Å². The summed E-state index contributed by atoms with van der Waals surface area (Å²) in [5.41, 5.74) is 0.595. The van der Waals surface area contributed by atoms with Crippen molar-refractivity contribution in [3.05, 3.63) is 63.0 Å². The van der Waals surface area contributed by atoms with Gasteiger partial charge in [0.1, 0.15) is 16.7 Å². The quantitative estimate of drug-likeness (QED) is 0.301. The van der Waals surface area contributed by atoms with Crippen molar-refractivity contribution >= 4 is 39.8 Å². The molecule has 0 unspecified atom stereocenters. The second-order valence-electron chi connectivity index (χ2n) is 4.32. The van der Waals surface area contributed by atoms with Gasteiger partial charge in [-0.2, -0.15) is 0 Å². The van der Waals surface area contributed by atoms with E-state index in [2.05, 4.69) is 9.97 Å². The Bertz CT molecular complexity index is 869. The number of nitrogens with zero attached hydrogens (tertiary/aromatic N) is 3. The largest absolute Gasteiger partial charge is 0.457 e. The molecule has 0 aliphatic rings. The lowest BCUT2D eigenvalue weighted by Crippen LogP contribution is -1.90. The van der Waals surface area contributed by atoms with Crippen molar-refractivity contribution in [1.82, 2.24) is 9.97 Å². The molecular weight excluding hydrogens is 329 g/mol. The van der Waals surface area contributed by atoms with Crippen molar-refractivity contribution in [3.63, 3.8) is 0 Å². The normalized spacial score (nSPS) is 10.6. The highest BCUT2D eigenvalue weighted by molar-refractivity contribution is 6.35. The molecule has 6 nitrogen and oxygen atoms in total. The zero-order valence-electron chi connectivity index (χ0n) is 10.9. The Hall–Kier alpha value is -2.44. The summed E-state index contributed by atoms with van der Waals surface area (Å²) in [7, 11) is 0. The highest BCUT2D eigenvalue weighted by Gasteiger charge is 2.08. The number of nitro benzene ring substituents is 1. The maximum Gasteiger partial charge on any atom is 0.269 e. The first-order valence-electron chi connectivity index (χ1n) is 6.08. The van der Waals surface area contributed by atoms with Crippen LogP contribution in [0.1, 0.15) is 0 Å².